The average molecular weight is 198 g/mol. The Morgan fingerprint density at radius 3 is 2.09 bits per heavy atom. The molecule has 0 bridgehead atoms. The van der Waals surface area contributed by atoms with E-state index in [0.29, 0.717) is 12.8 Å². The smallest absolute Gasteiger partial charge is 0.274 e. The second kappa shape index (κ2) is 3.20. The zero-order valence-electron chi connectivity index (χ0n) is 5.89. The molecule has 0 saturated heterocycles. The van der Waals surface area contributed by atoms with Gasteiger partial charge in [-0.15, -0.1) is 0 Å². The summed E-state index contributed by atoms with van der Waals surface area (Å²) in [4.78, 5) is 0. The summed E-state index contributed by atoms with van der Waals surface area (Å²) < 4.78 is 40.7. The van der Waals surface area contributed by atoms with Gasteiger partial charge in [-0.3, -0.25) is 4.55 Å². The minimum absolute atomic E-state index is 0.536. The fourth-order valence-electron chi connectivity index (χ4n) is 1.29. The van der Waals surface area contributed by atoms with Gasteiger partial charge in [-0.1, -0.05) is 12.8 Å². The molecule has 0 radical (unpaired) electrons. The quantitative estimate of drug-likeness (QED) is 0.517. The molecule has 1 aliphatic rings. The van der Waals surface area contributed by atoms with Gasteiger partial charge in [0.25, 0.3) is 19.0 Å². The Morgan fingerprint density at radius 1 is 1.27 bits per heavy atom. The van der Waals surface area contributed by atoms with Crippen molar-refractivity contribution in [3.63, 3.8) is 0 Å². The average Bonchev–Trinajstić information content (AvgIpc) is 2.37. The molecule has 1 saturated carbocycles. The van der Waals surface area contributed by atoms with E-state index in [1.54, 1.807) is 0 Å². The summed E-state index contributed by atoms with van der Waals surface area (Å²) in [5.74, 6) is 0. The van der Waals surface area contributed by atoms with Gasteiger partial charge in [-0.05, 0) is 12.8 Å². The maximum Gasteiger partial charge on any atom is 0.274 e. The van der Waals surface area contributed by atoms with Crippen molar-refractivity contribution in [2.24, 2.45) is 0 Å². The van der Waals surface area contributed by atoms with Gasteiger partial charge < -0.3 is 0 Å². The van der Waals surface area contributed by atoms with Crippen LogP contribution in [0, 0.1) is 0 Å². The third-order valence-corrected chi connectivity index (χ3v) is 5.60. The fourth-order valence-corrected chi connectivity index (χ4v) is 3.71. The van der Waals surface area contributed by atoms with Gasteiger partial charge in [0, 0.05) is 0 Å². The molecular weight excluding hydrogens is 188 g/mol. The number of rotatable bonds is 2. The van der Waals surface area contributed by atoms with Gasteiger partial charge in [0.1, 0.15) is 0 Å². The molecule has 0 amide bonds. The van der Waals surface area contributed by atoms with Crippen LogP contribution in [-0.2, 0) is 19.0 Å². The normalized spacial score (nSPS) is 23.7. The van der Waals surface area contributed by atoms with Crippen molar-refractivity contribution in [2.45, 2.75) is 30.9 Å². The summed E-state index contributed by atoms with van der Waals surface area (Å²) in [6, 6.07) is 0. The van der Waals surface area contributed by atoms with Crippen LogP contribution in [0.25, 0.3) is 0 Å². The molecule has 1 atom stereocenters. The van der Waals surface area contributed by atoms with Gasteiger partial charge in [-0.2, -0.15) is 0 Å². The van der Waals surface area contributed by atoms with Gasteiger partial charge in [0.15, 0.2) is 0 Å². The molecule has 1 rings (SSSR count). The largest absolute Gasteiger partial charge is 0.294 e. The Hall–Kier alpha value is 0.0600. The van der Waals surface area contributed by atoms with Crippen LogP contribution < -0.4 is 0 Å². The monoisotopic (exact) mass is 198 g/mol. The van der Waals surface area contributed by atoms with Crippen molar-refractivity contribution in [1.82, 2.24) is 0 Å². The Labute approximate surface area is 67.6 Å². The molecule has 0 aromatic heterocycles. The first-order valence-corrected chi connectivity index (χ1v) is 6.57. The topological polar surface area (TPSA) is 71.4 Å². The summed E-state index contributed by atoms with van der Waals surface area (Å²) in [6.45, 7) is 0. The van der Waals surface area contributed by atoms with Crippen molar-refractivity contribution >= 4 is 19.0 Å². The van der Waals surface area contributed by atoms with Crippen LogP contribution in [0.15, 0.2) is 0 Å². The van der Waals surface area contributed by atoms with E-state index in [2.05, 4.69) is 0 Å². The van der Waals surface area contributed by atoms with Crippen molar-refractivity contribution in [3.8, 4) is 0 Å². The first kappa shape index (κ1) is 9.15. The molecular formula is C5H10O4S2. The number of hydrogen-bond donors (Lipinski definition) is 1. The first-order valence-electron chi connectivity index (χ1n) is 3.40. The predicted octanol–water partition coefficient (Wildman–Crippen LogP) is 0.480. The molecule has 0 aromatic rings. The highest BCUT2D eigenvalue weighted by molar-refractivity contribution is 8.62. The van der Waals surface area contributed by atoms with Crippen molar-refractivity contribution < 1.29 is 17.2 Å². The molecule has 6 heteroatoms. The lowest BCUT2D eigenvalue weighted by molar-refractivity contribution is 0.556. The van der Waals surface area contributed by atoms with Crippen molar-refractivity contribution in [1.29, 1.82) is 0 Å². The molecule has 4 nitrogen and oxygen atoms in total. The Morgan fingerprint density at radius 2 is 1.73 bits per heavy atom. The Kier molecular flexibility index (Phi) is 2.66. The lowest BCUT2D eigenvalue weighted by Gasteiger charge is -2.04. The van der Waals surface area contributed by atoms with Crippen LogP contribution in [0.2, 0.25) is 0 Å². The summed E-state index contributed by atoms with van der Waals surface area (Å²) in [6.07, 6.45) is 2.77. The predicted molar refractivity (Wildman–Crippen MR) is 41.9 cm³/mol. The van der Waals surface area contributed by atoms with Crippen LogP contribution in [0.1, 0.15) is 25.7 Å². The van der Waals surface area contributed by atoms with E-state index >= 15 is 0 Å². The highest BCUT2D eigenvalue weighted by Crippen LogP contribution is 2.26. The minimum atomic E-state index is -3.75. The molecule has 0 aromatic carbocycles. The zero-order chi connectivity index (χ0) is 8.48. The third kappa shape index (κ3) is 1.80. The SMILES string of the molecule is O=S(O)S(=O)(=O)C1CCCC1. The van der Waals surface area contributed by atoms with Crippen LogP contribution in [0.4, 0.5) is 0 Å². The second-order valence-electron chi connectivity index (χ2n) is 2.62. The van der Waals surface area contributed by atoms with Gasteiger partial charge in [-0.25, -0.2) is 12.6 Å². The van der Waals surface area contributed by atoms with Crippen LogP contribution in [0.5, 0.6) is 0 Å². The second-order valence-corrected chi connectivity index (χ2v) is 6.95. The molecule has 0 aliphatic heterocycles. The van der Waals surface area contributed by atoms with Crippen LogP contribution in [-0.4, -0.2) is 22.4 Å². The molecule has 0 spiro atoms. The molecule has 1 unspecified atom stereocenters. The van der Waals surface area contributed by atoms with Gasteiger partial charge >= 0.3 is 0 Å². The van der Waals surface area contributed by atoms with Crippen molar-refractivity contribution in [2.75, 3.05) is 0 Å². The Bertz CT molecular complexity index is 250. The molecule has 1 fully saturated rings. The highest BCUT2D eigenvalue weighted by atomic mass is 33.2. The number of hydrogen-bond acceptors (Lipinski definition) is 3. The maximum atomic E-state index is 11.0. The van der Waals surface area contributed by atoms with E-state index in [9.17, 15) is 12.6 Å². The van der Waals surface area contributed by atoms with E-state index in [0.717, 1.165) is 12.8 Å². The van der Waals surface area contributed by atoms with Gasteiger partial charge in [0.05, 0.1) is 5.25 Å². The molecule has 11 heavy (non-hydrogen) atoms. The van der Waals surface area contributed by atoms with Crippen LogP contribution in [0.3, 0.4) is 0 Å². The van der Waals surface area contributed by atoms with E-state index in [4.69, 9.17) is 4.55 Å². The molecule has 1 aliphatic carbocycles. The van der Waals surface area contributed by atoms with Gasteiger partial charge in [0.2, 0.25) is 0 Å². The fraction of sp³-hybridized carbons (Fsp3) is 1.00. The van der Waals surface area contributed by atoms with E-state index in [-0.39, 0.29) is 0 Å². The first-order chi connectivity index (χ1) is 5.05. The highest BCUT2D eigenvalue weighted by Gasteiger charge is 2.33. The summed E-state index contributed by atoms with van der Waals surface area (Å²) in [5, 5.41) is -0.576. The molecule has 1 N–H and O–H groups in total. The third-order valence-electron chi connectivity index (χ3n) is 1.91. The van der Waals surface area contributed by atoms with Crippen molar-refractivity contribution in [3.05, 3.63) is 0 Å². The van der Waals surface area contributed by atoms with E-state index < -0.39 is 24.2 Å². The zero-order valence-corrected chi connectivity index (χ0v) is 7.53. The summed E-state index contributed by atoms with van der Waals surface area (Å²) in [7, 11) is -6.44. The van der Waals surface area contributed by atoms with E-state index in [1.807, 2.05) is 0 Å². The summed E-state index contributed by atoms with van der Waals surface area (Å²) in [5.41, 5.74) is 0. The molecule has 0 heterocycles. The minimum Gasteiger partial charge on any atom is -0.294 e. The molecule has 66 valence electrons. The lowest BCUT2D eigenvalue weighted by atomic mass is 10.4. The maximum absolute atomic E-state index is 11.0. The van der Waals surface area contributed by atoms with Crippen LogP contribution >= 0.6 is 0 Å². The lowest BCUT2D eigenvalue weighted by Crippen LogP contribution is -2.21. The van der Waals surface area contributed by atoms with E-state index in [1.165, 1.54) is 0 Å². The summed E-state index contributed by atoms with van der Waals surface area (Å²) >= 11 is 0. The Balaban J connectivity index is 2.80. The standard InChI is InChI=1S/C5H10O4S2/c6-10(7)11(8,9)5-3-1-2-4-5/h5H,1-4H2,(H,6,7).